The van der Waals surface area contributed by atoms with E-state index in [2.05, 4.69) is 20.6 Å². The highest BCUT2D eigenvalue weighted by Gasteiger charge is 2.42. The number of hydrogen-bond acceptors (Lipinski definition) is 7. The molecule has 10 nitrogen and oxygen atoms in total. The van der Waals surface area contributed by atoms with Crippen molar-refractivity contribution in [2.45, 2.75) is 82.5 Å². The van der Waals surface area contributed by atoms with Crippen LogP contribution in [0.1, 0.15) is 68.3 Å². The van der Waals surface area contributed by atoms with Crippen LogP contribution in [0.4, 0.5) is 10.7 Å². The number of carbonyl (C=O) groups is 3. The number of nitrogen functional groups attached to an aromatic ring is 1. The molecule has 0 spiro atoms. The van der Waals surface area contributed by atoms with Gasteiger partial charge in [-0.3, -0.25) is 9.59 Å². The lowest BCUT2D eigenvalue weighted by Gasteiger charge is -2.34. The van der Waals surface area contributed by atoms with Gasteiger partial charge in [-0.25, -0.2) is 14.8 Å². The zero-order valence-corrected chi connectivity index (χ0v) is 25.0. The van der Waals surface area contributed by atoms with Crippen molar-refractivity contribution in [3.8, 4) is 0 Å². The SMILES string of the molecule is CC(C)(C)OC(=O)N[C@@H](C(=O)N1CCC[C@H]1C(=O)NC1CCc2nc(N)ncc2C1)C(c1ccccc1)c1ccccc1. The van der Waals surface area contributed by atoms with Gasteiger partial charge in [0, 0.05) is 30.4 Å². The van der Waals surface area contributed by atoms with Gasteiger partial charge in [-0.1, -0.05) is 60.7 Å². The number of anilines is 1. The van der Waals surface area contributed by atoms with Gasteiger partial charge in [0.2, 0.25) is 17.8 Å². The molecule has 2 heterocycles. The molecule has 5 rings (SSSR count). The molecule has 0 bridgehead atoms. The topological polar surface area (TPSA) is 140 Å². The van der Waals surface area contributed by atoms with Gasteiger partial charge in [-0.05, 0) is 69.6 Å². The van der Waals surface area contributed by atoms with E-state index >= 15 is 0 Å². The molecule has 2 aliphatic rings. The van der Waals surface area contributed by atoms with E-state index in [1.54, 1.807) is 31.9 Å². The van der Waals surface area contributed by atoms with E-state index in [1.165, 1.54) is 0 Å². The van der Waals surface area contributed by atoms with Gasteiger partial charge in [-0.2, -0.15) is 0 Å². The summed E-state index contributed by atoms with van der Waals surface area (Å²) in [4.78, 5) is 51.4. The Balaban J connectivity index is 1.40. The van der Waals surface area contributed by atoms with Crippen LogP contribution in [0.2, 0.25) is 0 Å². The minimum Gasteiger partial charge on any atom is -0.444 e. The lowest BCUT2D eigenvalue weighted by atomic mass is 9.84. The van der Waals surface area contributed by atoms with Gasteiger partial charge >= 0.3 is 6.09 Å². The zero-order chi connectivity index (χ0) is 30.6. The van der Waals surface area contributed by atoms with Gasteiger partial charge in [-0.15, -0.1) is 0 Å². The number of rotatable bonds is 7. The standard InChI is InChI=1S/C33H40N6O4/c1-33(2,3)43-32(42)38-28(27(21-11-6-4-7-12-21)22-13-8-5-9-14-22)30(41)39-18-10-15-26(39)29(40)36-24-16-17-25-23(19-24)20-35-31(34)37-25/h4-9,11-14,20,24,26-28H,10,15-19H2,1-3H3,(H,36,40)(H,38,42)(H2,34,35,37)/t24?,26-,28+/m0/s1. The number of aryl methyl sites for hydroxylation is 1. The number of nitrogens with two attached hydrogens (primary N) is 1. The Morgan fingerprint density at radius 3 is 2.28 bits per heavy atom. The van der Waals surface area contributed by atoms with Crippen molar-refractivity contribution < 1.29 is 19.1 Å². The van der Waals surface area contributed by atoms with Gasteiger partial charge in [0.1, 0.15) is 17.7 Å². The Hall–Kier alpha value is -4.47. The average Bonchev–Trinajstić information content (AvgIpc) is 3.47. The highest BCUT2D eigenvalue weighted by atomic mass is 16.6. The van der Waals surface area contributed by atoms with Crippen LogP contribution < -0.4 is 16.4 Å². The Kier molecular flexibility index (Phi) is 8.94. The van der Waals surface area contributed by atoms with E-state index in [0.29, 0.717) is 32.2 Å². The van der Waals surface area contributed by atoms with Crippen molar-refractivity contribution in [1.82, 2.24) is 25.5 Å². The quantitative estimate of drug-likeness (QED) is 0.384. The fourth-order valence-corrected chi connectivity index (χ4v) is 6.05. The largest absolute Gasteiger partial charge is 0.444 e. The van der Waals surface area contributed by atoms with Crippen molar-refractivity contribution in [2.75, 3.05) is 12.3 Å². The van der Waals surface area contributed by atoms with Crippen LogP contribution >= 0.6 is 0 Å². The predicted octanol–water partition coefficient (Wildman–Crippen LogP) is 3.75. The van der Waals surface area contributed by atoms with Gasteiger partial charge in [0.05, 0.1) is 0 Å². The molecule has 1 aliphatic carbocycles. The number of ether oxygens (including phenoxy) is 1. The first kappa shape index (κ1) is 30.0. The third-order valence-electron chi connectivity index (χ3n) is 7.94. The summed E-state index contributed by atoms with van der Waals surface area (Å²) >= 11 is 0. The molecular formula is C33H40N6O4. The summed E-state index contributed by atoms with van der Waals surface area (Å²) in [7, 11) is 0. The molecule has 1 aromatic heterocycles. The first-order valence-electron chi connectivity index (χ1n) is 14.9. The summed E-state index contributed by atoms with van der Waals surface area (Å²) in [5.74, 6) is -0.768. The number of alkyl carbamates (subject to hydrolysis) is 1. The summed E-state index contributed by atoms with van der Waals surface area (Å²) in [6, 6.07) is 17.5. The molecule has 1 aliphatic heterocycles. The second-order valence-corrected chi connectivity index (χ2v) is 12.3. The summed E-state index contributed by atoms with van der Waals surface area (Å²) in [6.07, 6.45) is 4.29. The van der Waals surface area contributed by atoms with Gasteiger partial charge in [0.25, 0.3) is 0 Å². The van der Waals surface area contributed by atoms with Crippen LogP contribution in [0.5, 0.6) is 0 Å². The molecule has 1 saturated heterocycles. The maximum absolute atomic E-state index is 14.5. The fraction of sp³-hybridized carbons (Fsp3) is 0.424. The molecule has 0 radical (unpaired) electrons. The summed E-state index contributed by atoms with van der Waals surface area (Å²) < 4.78 is 5.60. The Labute approximate surface area is 252 Å². The third-order valence-corrected chi connectivity index (χ3v) is 7.94. The Morgan fingerprint density at radius 2 is 1.65 bits per heavy atom. The minimum absolute atomic E-state index is 0.0955. The number of fused-ring (bicyclic) bond motifs is 1. The maximum Gasteiger partial charge on any atom is 0.408 e. The molecule has 3 aromatic rings. The van der Waals surface area contributed by atoms with E-state index in [9.17, 15) is 14.4 Å². The number of aromatic nitrogens is 2. The number of nitrogens with one attached hydrogen (secondary N) is 2. The van der Waals surface area contributed by atoms with Crippen LogP contribution in [-0.2, 0) is 27.2 Å². The highest BCUT2D eigenvalue weighted by Crippen LogP contribution is 2.31. The van der Waals surface area contributed by atoms with E-state index in [4.69, 9.17) is 10.5 Å². The maximum atomic E-state index is 14.5. The van der Waals surface area contributed by atoms with Crippen LogP contribution in [0.25, 0.3) is 0 Å². The van der Waals surface area contributed by atoms with Crippen LogP contribution in [0.15, 0.2) is 66.9 Å². The van der Waals surface area contributed by atoms with Crippen LogP contribution in [-0.4, -0.2) is 63.0 Å². The summed E-state index contributed by atoms with van der Waals surface area (Å²) in [6.45, 7) is 5.75. The van der Waals surface area contributed by atoms with E-state index in [0.717, 1.165) is 28.8 Å². The predicted molar refractivity (Wildman–Crippen MR) is 163 cm³/mol. The lowest BCUT2D eigenvalue weighted by Crippen LogP contribution is -2.57. The molecule has 43 heavy (non-hydrogen) atoms. The van der Waals surface area contributed by atoms with E-state index in [1.807, 2.05) is 60.7 Å². The second kappa shape index (κ2) is 12.8. The molecule has 0 saturated carbocycles. The van der Waals surface area contributed by atoms with Crippen molar-refractivity contribution in [3.05, 3.63) is 89.2 Å². The molecule has 2 aromatic carbocycles. The molecular weight excluding hydrogens is 544 g/mol. The van der Waals surface area contributed by atoms with Crippen molar-refractivity contribution in [2.24, 2.45) is 0 Å². The lowest BCUT2D eigenvalue weighted by molar-refractivity contribution is -0.140. The zero-order valence-electron chi connectivity index (χ0n) is 25.0. The molecule has 1 unspecified atom stereocenters. The smallest absolute Gasteiger partial charge is 0.408 e. The molecule has 226 valence electrons. The minimum atomic E-state index is -1.00. The Bertz CT molecular complexity index is 1400. The van der Waals surface area contributed by atoms with Crippen molar-refractivity contribution in [3.63, 3.8) is 0 Å². The van der Waals surface area contributed by atoms with Crippen molar-refractivity contribution >= 4 is 23.9 Å². The van der Waals surface area contributed by atoms with E-state index in [-0.39, 0.29) is 23.8 Å². The van der Waals surface area contributed by atoms with Crippen LogP contribution in [0.3, 0.4) is 0 Å². The first-order chi connectivity index (χ1) is 20.6. The Morgan fingerprint density at radius 1 is 1.00 bits per heavy atom. The monoisotopic (exact) mass is 584 g/mol. The number of benzene rings is 2. The van der Waals surface area contributed by atoms with Gasteiger partial charge in [0.15, 0.2) is 0 Å². The molecule has 3 atom stereocenters. The molecule has 4 N–H and O–H groups in total. The number of nitrogens with zero attached hydrogens (tertiary/aromatic N) is 3. The number of amides is 3. The normalized spacial score (nSPS) is 18.9. The van der Waals surface area contributed by atoms with Crippen molar-refractivity contribution in [1.29, 1.82) is 0 Å². The number of likely N-dealkylation sites (tertiary alicyclic amines) is 1. The fourth-order valence-electron chi connectivity index (χ4n) is 6.05. The first-order valence-corrected chi connectivity index (χ1v) is 14.9. The molecule has 10 heteroatoms. The third kappa shape index (κ3) is 7.31. The number of carbonyl (C=O) groups excluding carboxylic acids is 3. The molecule has 1 fully saturated rings. The highest BCUT2D eigenvalue weighted by molar-refractivity contribution is 5.93. The summed E-state index contributed by atoms with van der Waals surface area (Å²) in [5.41, 5.74) is 8.61. The molecule has 3 amide bonds. The van der Waals surface area contributed by atoms with E-state index < -0.39 is 29.7 Å². The second-order valence-electron chi connectivity index (χ2n) is 12.3. The van der Waals surface area contributed by atoms with Gasteiger partial charge < -0.3 is 26.0 Å². The summed E-state index contributed by atoms with van der Waals surface area (Å²) in [5, 5.41) is 6.07. The number of hydrogen-bond donors (Lipinski definition) is 3. The average molecular weight is 585 g/mol. The van der Waals surface area contributed by atoms with Crippen LogP contribution in [0, 0.1) is 0 Å².